The Labute approximate surface area is 164 Å². The fraction of sp³-hybridized carbons (Fsp3) is 0.389. The number of nitrogen functional groups attached to an aromatic ring is 1. The number of nitrogens with two attached hydrogens (primary N) is 1. The largest absolute Gasteiger partial charge is 0.383 e. The molecule has 3 N–H and O–H groups in total. The quantitative estimate of drug-likeness (QED) is 0.757. The molecule has 1 amide bonds. The lowest BCUT2D eigenvalue weighted by molar-refractivity contribution is -0.116. The zero-order valence-corrected chi connectivity index (χ0v) is 16.7. The smallest absolute Gasteiger partial charge is 0.332 e. The second-order valence-electron chi connectivity index (χ2n) is 6.57. The van der Waals surface area contributed by atoms with Gasteiger partial charge in [-0.3, -0.25) is 14.2 Å². The maximum absolute atomic E-state index is 12.9. The summed E-state index contributed by atoms with van der Waals surface area (Å²) in [5, 5.41) is 2.69. The lowest BCUT2D eigenvalue weighted by Crippen LogP contribution is -2.46. The van der Waals surface area contributed by atoms with Crippen molar-refractivity contribution in [2.45, 2.75) is 25.8 Å². The summed E-state index contributed by atoms with van der Waals surface area (Å²) >= 11 is 3.33. The lowest BCUT2D eigenvalue weighted by atomic mass is 10.1. The third-order valence-corrected chi connectivity index (χ3v) is 5.20. The van der Waals surface area contributed by atoms with E-state index in [1.807, 2.05) is 4.90 Å². The number of carbonyl (C=O) groups is 1. The van der Waals surface area contributed by atoms with E-state index in [9.17, 15) is 14.4 Å². The maximum atomic E-state index is 12.9. The van der Waals surface area contributed by atoms with E-state index in [4.69, 9.17) is 5.73 Å². The first-order chi connectivity index (χ1) is 12.9. The summed E-state index contributed by atoms with van der Waals surface area (Å²) in [7, 11) is 1.51. The molecule has 1 aromatic heterocycles. The van der Waals surface area contributed by atoms with Gasteiger partial charge in [0.25, 0.3) is 5.56 Å². The maximum Gasteiger partial charge on any atom is 0.332 e. The molecule has 0 unspecified atom stereocenters. The number of carbonyl (C=O) groups excluding carboxylic acids is 1. The van der Waals surface area contributed by atoms with Crippen LogP contribution < -0.4 is 27.2 Å². The Morgan fingerprint density at radius 3 is 2.41 bits per heavy atom. The number of benzene rings is 1. The van der Waals surface area contributed by atoms with Crippen molar-refractivity contribution in [1.82, 2.24) is 9.13 Å². The van der Waals surface area contributed by atoms with Gasteiger partial charge in [-0.2, -0.15) is 0 Å². The van der Waals surface area contributed by atoms with Gasteiger partial charge in [-0.1, -0.05) is 15.9 Å². The average molecular weight is 436 g/mol. The number of halogens is 1. The van der Waals surface area contributed by atoms with Crippen LogP contribution in [0, 0.1) is 0 Å². The first kappa shape index (κ1) is 19.2. The van der Waals surface area contributed by atoms with E-state index in [2.05, 4.69) is 21.2 Å². The van der Waals surface area contributed by atoms with Crippen molar-refractivity contribution in [2.24, 2.45) is 7.05 Å². The number of aromatic nitrogens is 2. The van der Waals surface area contributed by atoms with Crippen molar-refractivity contribution in [2.75, 3.05) is 29.0 Å². The average Bonchev–Trinajstić information content (AvgIpc) is 2.66. The van der Waals surface area contributed by atoms with Gasteiger partial charge in [0, 0.05) is 30.3 Å². The molecule has 2 aromatic rings. The predicted molar refractivity (Wildman–Crippen MR) is 109 cm³/mol. The molecule has 1 aromatic carbocycles. The summed E-state index contributed by atoms with van der Waals surface area (Å²) in [6.07, 6.45) is 3.03. The minimum atomic E-state index is -0.607. The molecule has 0 radical (unpaired) electrons. The van der Waals surface area contributed by atoms with E-state index in [0.29, 0.717) is 24.5 Å². The van der Waals surface area contributed by atoms with Gasteiger partial charge < -0.3 is 16.0 Å². The van der Waals surface area contributed by atoms with Crippen LogP contribution in [0.4, 0.5) is 17.2 Å². The first-order valence-electron chi connectivity index (χ1n) is 8.78. The van der Waals surface area contributed by atoms with Gasteiger partial charge in [0.2, 0.25) is 5.91 Å². The van der Waals surface area contributed by atoms with Crippen molar-refractivity contribution < 1.29 is 4.79 Å². The zero-order valence-electron chi connectivity index (χ0n) is 15.1. The van der Waals surface area contributed by atoms with E-state index in [0.717, 1.165) is 28.3 Å². The molecule has 1 aliphatic rings. The number of hydrogen-bond donors (Lipinski definition) is 2. The molecule has 0 spiro atoms. The van der Waals surface area contributed by atoms with Crippen molar-refractivity contribution in [3.63, 3.8) is 0 Å². The van der Waals surface area contributed by atoms with E-state index in [1.165, 1.54) is 11.6 Å². The minimum absolute atomic E-state index is 0.136. The minimum Gasteiger partial charge on any atom is -0.383 e. The number of hydrogen-bond acceptors (Lipinski definition) is 5. The second kappa shape index (κ2) is 7.99. The molecule has 2 heterocycles. The Morgan fingerprint density at radius 1 is 1.15 bits per heavy atom. The molecular weight excluding hydrogens is 414 g/mol. The molecular formula is C18H22BrN5O3. The summed E-state index contributed by atoms with van der Waals surface area (Å²) in [6, 6.07) is 7.03. The van der Waals surface area contributed by atoms with Gasteiger partial charge in [0.1, 0.15) is 18.1 Å². The van der Waals surface area contributed by atoms with Gasteiger partial charge in [-0.15, -0.1) is 0 Å². The molecule has 0 atom stereocenters. The third kappa shape index (κ3) is 4.08. The standard InChI is InChI=1S/C18H22BrN5O3/c1-22-16(20)15(23-9-3-2-4-10-23)17(26)24(18(22)27)11-14(25)21-13-7-5-12(19)6-8-13/h5-8H,2-4,9-11,20H2,1H3,(H,21,25). The molecule has 144 valence electrons. The molecule has 3 rings (SSSR count). The number of rotatable bonds is 4. The van der Waals surface area contributed by atoms with Crippen LogP contribution in [0.15, 0.2) is 38.3 Å². The van der Waals surface area contributed by atoms with Crippen LogP contribution in [-0.4, -0.2) is 28.1 Å². The molecule has 1 saturated heterocycles. The number of anilines is 3. The molecule has 1 aliphatic heterocycles. The summed E-state index contributed by atoms with van der Waals surface area (Å²) in [4.78, 5) is 39.7. The van der Waals surface area contributed by atoms with Gasteiger partial charge >= 0.3 is 5.69 Å². The monoisotopic (exact) mass is 435 g/mol. The number of amides is 1. The molecule has 27 heavy (non-hydrogen) atoms. The summed E-state index contributed by atoms with van der Waals surface area (Å²) < 4.78 is 3.04. The van der Waals surface area contributed by atoms with Crippen LogP contribution in [0.1, 0.15) is 19.3 Å². The predicted octanol–water partition coefficient (Wildman–Crippen LogP) is 1.52. The van der Waals surface area contributed by atoms with E-state index in [-0.39, 0.29) is 12.4 Å². The topological polar surface area (TPSA) is 102 Å². The van der Waals surface area contributed by atoms with Crippen LogP contribution in [0.25, 0.3) is 0 Å². The Bertz CT molecular complexity index is 959. The van der Waals surface area contributed by atoms with Crippen molar-refractivity contribution in [1.29, 1.82) is 0 Å². The Balaban J connectivity index is 1.91. The van der Waals surface area contributed by atoms with E-state index < -0.39 is 17.2 Å². The summed E-state index contributed by atoms with van der Waals surface area (Å²) in [5.41, 5.74) is 5.81. The number of nitrogens with zero attached hydrogens (tertiary/aromatic N) is 3. The van der Waals surface area contributed by atoms with Crippen LogP contribution in [0.5, 0.6) is 0 Å². The SMILES string of the molecule is Cn1c(N)c(N2CCCCC2)c(=O)n(CC(=O)Nc2ccc(Br)cc2)c1=O. The van der Waals surface area contributed by atoms with Gasteiger partial charge in [0.05, 0.1) is 0 Å². The van der Waals surface area contributed by atoms with Crippen LogP contribution >= 0.6 is 15.9 Å². The van der Waals surface area contributed by atoms with Crippen LogP contribution in [0.2, 0.25) is 0 Å². The molecule has 9 heteroatoms. The molecule has 0 saturated carbocycles. The van der Waals surface area contributed by atoms with Crippen LogP contribution in [0.3, 0.4) is 0 Å². The fourth-order valence-corrected chi connectivity index (χ4v) is 3.46. The van der Waals surface area contributed by atoms with Gasteiger partial charge in [-0.05, 0) is 43.5 Å². The zero-order chi connectivity index (χ0) is 19.6. The molecule has 0 bridgehead atoms. The summed E-state index contributed by atoms with van der Waals surface area (Å²) in [6.45, 7) is 1.05. The van der Waals surface area contributed by atoms with Crippen LogP contribution in [-0.2, 0) is 18.4 Å². The normalized spacial score (nSPS) is 14.2. The summed E-state index contributed by atoms with van der Waals surface area (Å²) in [5.74, 6) is -0.317. The van der Waals surface area contributed by atoms with Crippen molar-refractivity contribution in [3.05, 3.63) is 49.6 Å². The van der Waals surface area contributed by atoms with E-state index in [1.54, 1.807) is 24.3 Å². The highest BCUT2D eigenvalue weighted by Gasteiger charge is 2.23. The van der Waals surface area contributed by atoms with Crippen molar-refractivity contribution >= 4 is 39.0 Å². The molecule has 0 aliphatic carbocycles. The van der Waals surface area contributed by atoms with E-state index >= 15 is 0 Å². The number of nitrogens with one attached hydrogen (secondary N) is 1. The van der Waals surface area contributed by atoms with Gasteiger partial charge in [-0.25, -0.2) is 9.36 Å². The fourth-order valence-electron chi connectivity index (χ4n) is 3.20. The Hall–Kier alpha value is -2.55. The second-order valence-corrected chi connectivity index (χ2v) is 7.49. The highest BCUT2D eigenvalue weighted by Crippen LogP contribution is 2.21. The highest BCUT2D eigenvalue weighted by atomic mass is 79.9. The Kier molecular flexibility index (Phi) is 5.69. The Morgan fingerprint density at radius 2 is 1.78 bits per heavy atom. The lowest BCUT2D eigenvalue weighted by Gasteiger charge is -2.29. The highest BCUT2D eigenvalue weighted by molar-refractivity contribution is 9.10. The first-order valence-corrected chi connectivity index (χ1v) is 9.57. The van der Waals surface area contributed by atoms with Gasteiger partial charge in [0.15, 0.2) is 0 Å². The molecule has 1 fully saturated rings. The van der Waals surface area contributed by atoms with Crippen molar-refractivity contribution in [3.8, 4) is 0 Å². The third-order valence-electron chi connectivity index (χ3n) is 4.67. The molecule has 8 nitrogen and oxygen atoms in total. The number of piperidine rings is 1.